The Kier molecular flexibility index (Phi) is 5.81. The first-order valence-electron chi connectivity index (χ1n) is 9.67. The first-order chi connectivity index (χ1) is 14.9. The van der Waals surface area contributed by atoms with E-state index in [0.29, 0.717) is 10.8 Å². The minimum absolute atomic E-state index is 0.0490. The van der Waals surface area contributed by atoms with E-state index in [1.165, 1.54) is 21.1 Å². The maximum Gasteiger partial charge on any atom is 0.411 e. The number of aryl methyl sites for hydroxylation is 1. The average molecular weight is 439 g/mol. The molecule has 1 fully saturated rings. The molecule has 1 aliphatic rings. The van der Waals surface area contributed by atoms with E-state index in [9.17, 15) is 9.59 Å². The van der Waals surface area contributed by atoms with Crippen molar-refractivity contribution in [2.75, 3.05) is 32.6 Å². The second-order valence-electron chi connectivity index (χ2n) is 7.32. The van der Waals surface area contributed by atoms with Gasteiger partial charge in [-0.2, -0.15) is 0 Å². The number of aromatic nitrogens is 3. The van der Waals surface area contributed by atoms with E-state index >= 15 is 0 Å². The maximum absolute atomic E-state index is 12.1. The van der Waals surface area contributed by atoms with Crippen LogP contribution in [0.5, 0.6) is 0 Å². The summed E-state index contributed by atoms with van der Waals surface area (Å²) in [7, 11) is 3.30. The van der Waals surface area contributed by atoms with Gasteiger partial charge in [0.25, 0.3) is 0 Å². The molecule has 1 atom stereocenters. The third-order valence-corrected chi connectivity index (χ3v) is 5.88. The maximum atomic E-state index is 12.1. The zero-order valence-electron chi connectivity index (χ0n) is 17.4. The lowest BCUT2D eigenvalue weighted by atomic mass is 10.3. The van der Waals surface area contributed by atoms with Crippen LogP contribution in [0, 0.1) is 6.92 Å². The molecule has 4 heterocycles. The Morgan fingerprint density at radius 3 is 2.90 bits per heavy atom. The van der Waals surface area contributed by atoms with Crippen molar-refractivity contribution in [2.24, 2.45) is 0 Å². The SMILES string of the molecule is Cc1ccnc(Nc2cccc(-c3cnc([C@@H]4COC(=O)N4CC(=O)N(C)C)s3)n2)c1. The Morgan fingerprint density at radius 1 is 1.29 bits per heavy atom. The summed E-state index contributed by atoms with van der Waals surface area (Å²) < 4.78 is 5.17. The van der Waals surface area contributed by atoms with Gasteiger partial charge in [-0.05, 0) is 36.8 Å². The molecule has 3 aromatic heterocycles. The lowest BCUT2D eigenvalue weighted by Gasteiger charge is -2.21. The molecular weight excluding hydrogens is 416 g/mol. The average Bonchev–Trinajstić information content (AvgIpc) is 3.35. The number of ether oxygens (including phenoxy) is 1. The van der Waals surface area contributed by atoms with Crippen LogP contribution in [-0.4, -0.2) is 64.0 Å². The molecule has 0 radical (unpaired) electrons. The van der Waals surface area contributed by atoms with Crippen LogP contribution >= 0.6 is 11.3 Å². The van der Waals surface area contributed by atoms with Crippen LogP contribution in [0.1, 0.15) is 16.6 Å². The zero-order chi connectivity index (χ0) is 22.0. The van der Waals surface area contributed by atoms with E-state index in [1.807, 2.05) is 37.3 Å². The van der Waals surface area contributed by atoms with Crippen LogP contribution in [-0.2, 0) is 9.53 Å². The van der Waals surface area contributed by atoms with Crippen LogP contribution in [0.25, 0.3) is 10.6 Å². The van der Waals surface area contributed by atoms with E-state index in [4.69, 9.17) is 4.74 Å². The second-order valence-corrected chi connectivity index (χ2v) is 8.39. The van der Waals surface area contributed by atoms with Gasteiger partial charge < -0.3 is 15.0 Å². The summed E-state index contributed by atoms with van der Waals surface area (Å²) in [4.78, 5) is 41.4. The molecule has 31 heavy (non-hydrogen) atoms. The third kappa shape index (κ3) is 4.64. The van der Waals surface area contributed by atoms with E-state index < -0.39 is 12.1 Å². The standard InChI is InChI=1S/C21H22N6O3S/c1-13-7-8-22-18(9-13)25-17-6-4-5-14(24-17)16-10-23-20(31-16)15-12-30-21(29)27(15)11-19(28)26(2)3/h4-10,15H,11-12H2,1-3H3,(H,22,24,25)/t15-/m0/s1. The number of anilines is 2. The fourth-order valence-electron chi connectivity index (χ4n) is 3.05. The van der Waals surface area contributed by atoms with Crippen molar-refractivity contribution >= 4 is 35.0 Å². The zero-order valence-corrected chi connectivity index (χ0v) is 18.2. The van der Waals surface area contributed by atoms with Gasteiger partial charge in [0.05, 0.1) is 10.6 Å². The van der Waals surface area contributed by atoms with E-state index in [0.717, 1.165) is 22.0 Å². The molecule has 0 aliphatic carbocycles. The van der Waals surface area contributed by atoms with Crippen LogP contribution in [0.4, 0.5) is 16.4 Å². The number of pyridine rings is 2. The predicted molar refractivity (Wildman–Crippen MR) is 117 cm³/mol. The Bertz CT molecular complexity index is 1120. The molecule has 1 N–H and O–H groups in total. The van der Waals surface area contributed by atoms with Gasteiger partial charge in [0, 0.05) is 26.5 Å². The van der Waals surface area contributed by atoms with Crippen LogP contribution in [0.2, 0.25) is 0 Å². The monoisotopic (exact) mass is 438 g/mol. The number of thiazole rings is 1. The molecule has 0 bridgehead atoms. The van der Waals surface area contributed by atoms with Crippen molar-refractivity contribution < 1.29 is 14.3 Å². The summed E-state index contributed by atoms with van der Waals surface area (Å²) in [6, 6.07) is 9.15. The first-order valence-corrected chi connectivity index (χ1v) is 10.5. The molecule has 2 amide bonds. The highest BCUT2D eigenvalue weighted by Crippen LogP contribution is 2.34. The van der Waals surface area contributed by atoms with Gasteiger partial charge in [0.2, 0.25) is 5.91 Å². The molecule has 3 aromatic rings. The number of carbonyl (C=O) groups is 2. The molecule has 4 rings (SSSR count). The number of rotatable bonds is 6. The highest BCUT2D eigenvalue weighted by molar-refractivity contribution is 7.15. The third-order valence-electron chi connectivity index (χ3n) is 4.76. The summed E-state index contributed by atoms with van der Waals surface area (Å²) in [5.41, 5.74) is 1.86. The molecule has 0 saturated carbocycles. The molecule has 0 aromatic carbocycles. The first kappa shape index (κ1) is 20.7. The molecule has 9 nitrogen and oxygen atoms in total. The number of cyclic esters (lactones) is 1. The largest absolute Gasteiger partial charge is 0.447 e. The summed E-state index contributed by atoms with van der Waals surface area (Å²) in [5.74, 6) is 1.21. The summed E-state index contributed by atoms with van der Waals surface area (Å²) in [6.07, 6.45) is 2.97. The Balaban J connectivity index is 1.53. The number of nitrogens with one attached hydrogen (secondary N) is 1. The Hall–Kier alpha value is -3.53. The molecule has 0 spiro atoms. The molecule has 1 saturated heterocycles. The van der Waals surface area contributed by atoms with Gasteiger partial charge in [0.15, 0.2) is 0 Å². The van der Waals surface area contributed by atoms with Crippen LogP contribution in [0.3, 0.4) is 0 Å². The van der Waals surface area contributed by atoms with Crippen molar-refractivity contribution in [1.29, 1.82) is 0 Å². The van der Waals surface area contributed by atoms with Crippen molar-refractivity contribution in [2.45, 2.75) is 13.0 Å². The van der Waals surface area contributed by atoms with Gasteiger partial charge in [-0.3, -0.25) is 9.69 Å². The normalized spacial score (nSPS) is 15.6. The van der Waals surface area contributed by atoms with Crippen molar-refractivity contribution in [3.8, 4) is 10.6 Å². The Labute approximate surface area is 183 Å². The van der Waals surface area contributed by atoms with Gasteiger partial charge in [0.1, 0.15) is 35.8 Å². The molecule has 1 aliphatic heterocycles. The number of hydrogen-bond acceptors (Lipinski definition) is 8. The topological polar surface area (TPSA) is 101 Å². The fraction of sp³-hybridized carbons (Fsp3) is 0.286. The summed E-state index contributed by atoms with van der Waals surface area (Å²) in [6.45, 7) is 2.12. The fourth-order valence-corrected chi connectivity index (χ4v) is 4.04. The van der Waals surface area contributed by atoms with Crippen molar-refractivity contribution in [3.63, 3.8) is 0 Å². The van der Waals surface area contributed by atoms with Gasteiger partial charge in [-0.25, -0.2) is 19.7 Å². The van der Waals surface area contributed by atoms with Gasteiger partial charge in [-0.15, -0.1) is 11.3 Å². The number of nitrogens with zero attached hydrogens (tertiary/aromatic N) is 5. The van der Waals surface area contributed by atoms with Crippen LogP contribution in [0.15, 0.2) is 42.7 Å². The molecular formula is C21H22N6O3S. The Morgan fingerprint density at radius 2 is 2.13 bits per heavy atom. The van der Waals surface area contributed by atoms with Crippen molar-refractivity contribution in [1.82, 2.24) is 24.8 Å². The molecule has 0 unspecified atom stereocenters. The highest BCUT2D eigenvalue weighted by atomic mass is 32.1. The lowest BCUT2D eigenvalue weighted by Crippen LogP contribution is -2.38. The minimum atomic E-state index is -0.507. The summed E-state index contributed by atoms with van der Waals surface area (Å²) >= 11 is 1.43. The van der Waals surface area contributed by atoms with E-state index in [1.54, 1.807) is 26.5 Å². The van der Waals surface area contributed by atoms with Crippen molar-refractivity contribution in [3.05, 3.63) is 53.3 Å². The smallest absolute Gasteiger partial charge is 0.411 e. The van der Waals surface area contributed by atoms with Crippen LogP contribution < -0.4 is 5.32 Å². The van der Waals surface area contributed by atoms with Gasteiger partial charge in [-0.1, -0.05) is 6.07 Å². The second kappa shape index (κ2) is 8.68. The molecule has 160 valence electrons. The molecule has 10 heteroatoms. The van der Waals surface area contributed by atoms with Gasteiger partial charge >= 0.3 is 6.09 Å². The quantitative estimate of drug-likeness (QED) is 0.630. The van der Waals surface area contributed by atoms with E-state index in [-0.39, 0.29) is 19.1 Å². The number of amides is 2. The number of likely N-dealkylation sites (N-methyl/N-ethyl adjacent to an activating group) is 1. The highest BCUT2D eigenvalue weighted by Gasteiger charge is 2.37. The minimum Gasteiger partial charge on any atom is -0.447 e. The lowest BCUT2D eigenvalue weighted by molar-refractivity contribution is -0.129. The number of hydrogen-bond donors (Lipinski definition) is 1. The predicted octanol–water partition coefficient (Wildman–Crippen LogP) is 3.23. The summed E-state index contributed by atoms with van der Waals surface area (Å²) in [5, 5.41) is 3.91. The van der Waals surface area contributed by atoms with E-state index in [2.05, 4.69) is 20.3 Å². The number of carbonyl (C=O) groups excluding carboxylic acids is 2.